The van der Waals surface area contributed by atoms with E-state index in [1.54, 1.807) is 6.26 Å². The van der Waals surface area contributed by atoms with E-state index < -0.39 is 0 Å². The SMILES string of the molecule is c1coc(C2CC2C2CC2)c1. The molecule has 0 spiro atoms. The van der Waals surface area contributed by atoms with Crippen molar-refractivity contribution in [3.05, 3.63) is 24.2 Å². The van der Waals surface area contributed by atoms with Gasteiger partial charge in [0.1, 0.15) is 5.76 Å². The summed E-state index contributed by atoms with van der Waals surface area (Å²) < 4.78 is 5.37. The van der Waals surface area contributed by atoms with E-state index in [1.165, 1.54) is 25.0 Å². The molecular formula is C10H12O. The Morgan fingerprint density at radius 1 is 1.36 bits per heavy atom. The number of hydrogen-bond donors (Lipinski definition) is 0. The van der Waals surface area contributed by atoms with Gasteiger partial charge in [0.2, 0.25) is 0 Å². The Hall–Kier alpha value is -0.720. The average Bonchev–Trinajstić information content (AvgIpc) is 2.89. The van der Waals surface area contributed by atoms with Gasteiger partial charge in [0.05, 0.1) is 6.26 Å². The van der Waals surface area contributed by atoms with Crippen molar-refractivity contribution in [1.82, 2.24) is 0 Å². The van der Waals surface area contributed by atoms with Gasteiger partial charge in [-0.15, -0.1) is 0 Å². The van der Waals surface area contributed by atoms with Gasteiger partial charge in [0, 0.05) is 5.92 Å². The highest BCUT2D eigenvalue weighted by atomic mass is 16.3. The van der Waals surface area contributed by atoms with Crippen molar-refractivity contribution in [2.75, 3.05) is 0 Å². The maximum Gasteiger partial charge on any atom is 0.107 e. The summed E-state index contributed by atoms with van der Waals surface area (Å²) >= 11 is 0. The van der Waals surface area contributed by atoms with Crippen LogP contribution in [0.1, 0.15) is 30.9 Å². The Morgan fingerprint density at radius 2 is 2.27 bits per heavy atom. The van der Waals surface area contributed by atoms with Gasteiger partial charge in [-0.3, -0.25) is 0 Å². The lowest BCUT2D eigenvalue weighted by molar-refractivity contribution is 0.497. The lowest BCUT2D eigenvalue weighted by atomic mass is 10.2. The average molecular weight is 148 g/mol. The Labute approximate surface area is 66.4 Å². The summed E-state index contributed by atoms with van der Waals surface area (Å²) in [5, 5.41) is 0. The first-order chi connectivity index (χ1) is 5.45. The third kappa shape index (κ3) is 0.907. The lowest BCUT2D eigenvalue weighted by Crippen LogP contribution is -1.81. The Kier molecular flexibility index (Phi) is 1.02. The molecule has 11 heavy (non-hydrogen) atoms. The Morgan fingerprint density at radius 3 is 2.91 bits per heavy atom. The fraction of sp³-hybridized carbons (Fsp3) is 0.600. The summed E-state index contributed by atoms with van der Waals surface area (Å²) in [6.45, 7) is 0. The predicted octanol–water partition coefficient (Wildman–Crippen LogP) is 2.79. The van der Waals surface area contributed by atoms with E-state index >= 15 is 0 Å². The molecule has 3 rings (SSSR count). The highest BCUT2D eigenvalue weighted by molar-refractivity contribution is 5.17. The molecule has 1 heterocycles. The van der Waals surface area contributed by atoms with Crippen molar-refractivity contribution in [1.29, 1.82) is 0 Å². The fourth-order valence-electron chi connectivity index (χ4n) is 2.09. The first-order valence-electron chi connectivity index (χ1n) is 4.48. The van der Waals surface area contributed by atoms with E-state index in [9.17, 15) is 0 Å². The van der Waals surface area contributed by atoms with E-state index in [0.29, 0.717) is 0 Å². The van der Waals surface area contributed by atoms with Crippen LogP contribution >= 0.6 is 0 Å². The van der Waals surface area contributed by atoms with Gasteiger partial charge in [0.25, 0.3) is 0 Å². The molecule has 0 saturated heterocycles. The van der Waals surface area contributed by atoms with Crippen molar-refractivity contribution >= 4 is 0 Å². The predicted molar refractivity (Wildman–Crippen MR) is 42.3 cm³/mol. The summed E-state index contributed by atoms with van der Waals surface area (Å²) in [4.78, 5) is 0. The molecule has 1 nitrogen and oxygen atoms in total. The van der Waals surface area contributed by atoms with Gasteiger partial charge in [-0.25, -0.2) is 0 Å². The fourth-order valence-corrected chi connectivity index (χ4v) is 2.09. The molecule has 2 atom stereocenters. The van der Waals surface area contributed by atoms with Crippen LogP contribution in [0.15, 0.2) is 22.8 Å². The molecule has 1 aromatic heterocycles. The minimum absolute atomic E-state index is 0.789. The van der Waals surface area contributed by atoms with Crippen LogP contribution < -0.4 is 0 Å². The third-order valence-electron chi connectivity index (χ3n) is 2.98. The molecular weight excluding hydrogens is 136 g/mol. The van der Waals surface area contributed by atoms with Gasteiger partial charge in [-0.1, -0.05) is 0 Å². The zero-order chi connectivity index (χ0) is 7.26. The molecule has 2 saturated carbocycles. The van der Waals surface area contributed by atoms with Crippen molar-refractivity contribution in [3.63, 3.8) is 0 Å². The second-order valence-electron chi connectivity index (χ2n) is 3.86. The normalized spacial score (nSPS) is 35.6. The molecule has 0 amide bonds. The number of hydrogen-bond acceptors (Lipinski definition) is 1. The summed E-state index contributed by atoms with van der Waals surface area (Å²) in [7, 11) is 0. The zero-order valence-corrected chi connectivity index (χ0v) is 6.49. The second-order valence-corrected chi connectivity index (χ2v) is 3.86. The quantitative estimate of drug-likeness (QED) is 0.628. The molecule has 0 N–H and O–H groups in total. The molecule has 0 aliphatic heterocycles. The molecule has 2 aliphatic carbocycles. The van der Waals surface area contributed by atoms with Crippen LogP contribution in [-0.4, -0.2) is 0 Å². The van der Waals surface area contributed by atoms with Crippen LogP contribution in [-0.2, 0) is 0 Å². The van der Waals surface area contributed by atoms with Crippen LogP contribution in [0.25, 0.3) is 0 Å². The van der Waals surface area contributed by atoms with Crippen LogP contribution in [0, 0.1) is 11.8 Å². The van der Waals surface area contributed by atoms with Gasteiger partial charge in [-0.05, 0) is 43.2 Å². The lowest BCUT2D eigenvalue weighted by Gasteiger charge is -1.91. The van der Waals surface area contributed by atoms with Gasteiger partial charge in [0.15, 0.2) is 0 Å². The molecule has 0 bridgehead atoms. The molecule has 2 fully saturated rings. The van der Waals surface area contributed by atoms with Crippen LogP contribution in [0.4, 0.5) is 0 Å². The van der Waals surface area contributed by atoms with Crippen LogP contribution in [0.2, 0.25) is 0 Å². The van der Waals surface area contributed by atoms with Crippen molar-refractivity contribution in [3.8, 4) is 0 Å². The van der Waals surface area contributed by atoms with Crippen LogP contribution in [0.3, 0.4) is 0 Å². The molecule has 1 aromatic rings. The third-order valence-corrected chi connectivity index (χ3v) is 2.98. The summed E-state index contributed by atoms with van der Waals surface area (Å²) in [5.74, 6) is 4.06. The Bertz CT molecular complexity index is 246. The highest BCUT2D eigenvalue weighted by Gasteiger charge is 2.49. The van der Waals surface area contributed by atoms with Crippen molar-refractivity contribution in [2.24, 2.45) is 11.8 Å². The smallest absolute Gasteiger partial charge is 0.107 e. The molecule has 2 unspecified atom stereocenters. The first-order valence-corrected chi connectivity index (χ1v) is 4.48. The first kappa shape index (κ1) is 5.87. The summed E-state index contributed by atoms with van der Waals surface area (Å²) in [6, 6.07) is 4.12. The topological polar surface area (TPSA) is 13.1 Å². The van der Waals surface area contributed by atoms with Crippen LogP contribution in [0.5, 0.6) is 0 Å². The van der Waals surface area contributed by atoms with Crippen molar-refractivity contribution < 1.29 is 4.42 Å². The molecule has 0 radical (unpaired) electrons. The van der Waals surface area contributed by atoms with E-state index in [4.69, 9.17) is 4.42 Å². The van der Waals surface area contributed by atoms with E-state index in [0.717, 1.165) is 17.8 Å². The minimum Gasteiger partial charge on any atom is -0.469 e. The second kappa shape index (κ2) is 1.90. The molecule has 1 heteroatoms. The number of rotatable bonds is 2. The van der Waals surface area contributed by atoms with E-state index in [1.807, 2.05) is 6.07 Å². The minimum atomic E-state index is 0.789. The number of furan rings is 1. The molecule has 0 aromatic carbocycles. The monoisotopic (exact) mass is 148 g/mol. The van der Waals surface area contributed by atoms with Gasteiger partial charge < -0.3 is 4.42 Å². The van der Waals surface area contributed by atoms with E-state index in [2.05, 4.69) is 6.07 Å². The Balaban J connectivity index is 1.74. The summed E-state index contributed by atoms with van der Waals surface area (Å²) in [5.41, 5.74) is 0. The maximum atomic E-state index is 5.37. The standard InChI is InChI=1S/C10H12O/c1-2-10(11-5-1)9-6-8(9)7-3-4-7/h1-2,5,7-9H,3-4,6H2. The van der Waals surface area contributed by atoms with Gasteiger partial charge >= 0.3 is 0 Å². The molecule has 2 aliphatic rings. The highest BCUT2D eigenvalue weighted by Crippen LogP contribution is 2.59. The molecule has 58 valence electrons. The maximum absolute atomic E-state index is 5.37. The zero-order valence-electron chi connectivity index (χ0n) is 6.49. The van der Waals surface area contributed by atoms with Crippen molar-refractivity contribution in [2.45, 2.75) is 25.2 Å². The summed E-state index contributed by atoms with van der Waals surface area (Å²) in [6.07, 6.45) is 6.12. The van der Waals surface area contributed by atoms with Gasteiger partial charge in [-0.2, -0.15) is 0 Å². The largest absolute Gasteiger partial charge is 0.469 e. The van der Waals surface area contributed by atoms with E-state index in [-0.39, 0.29) is 0 Å².